The van der Waals surface area contributed by atoms with Gasteiger partial charge in [-0.1, -0.05) is 303 Å². The van der Waals surface area contributed by atoms with Crippen molar-refractivity contribution in [3.05, 3.63) is 444 Å². The van der Waals surface area contributed by atoms with Gasteiger partial charge in [-0.3, -0.25) is 0 Å². The first kappa shape index (κ1) is 58.8. The van der Waals surface area contributed by atoms with E-state index in [0.717, 1.165) is 28.9 Å². The van der Waals surface area contributed by atoms with Crippen LogP contribution in [0.1, 0.15) is 55.6 Å². The molecule has 103 heavy (non-hydrogen) atoms. The maximum absolute atomic E-state index is 2.58. The molecule has 2 aliphatic carbocycles. The molecule has 0 unspecified atom stereocenters. The molecular formula is C101H66N2. The minimum atomic E-state index is -0.613. The van der Waals surface area contributed by atoms with Crippen molar-refractivity contribution in [2.45, 2.75) is 17.3 Å². The summed E-state index contributed by atoms with van der Waals surface area (Å²) in [7, 11) is 0. The van der Waals surface area contributed by atoms with Crippen molar-refractivity contribution in [3.8, 4) is 72.4 Å². The van der Waals surface area contributed by atoms with Gasteiger partial charge in [0.25, 0.3) is 0 Å². The van der Waals surface area contributed by atoms with Crippen LogP contribution in [0.5, 0.6) is 0 Å². The van der Waals surface area contributed by atoms with Gasteiger partial charge < -0.3 is 9.47 Å². The molecule has 0 fully saturated rings. The second kappa shape index (κ2) is 23.2. The third kappa shape index (κ3) is 8.75. The maximum Gasteiger partial charge on any atom is 0.0713 e. The summed E-state index contributed by atoms with van der Waals surface area (Å²) in [6, 6.07) is 147. The van der Waals surface area contributed by atoms with Gasteiger partial charge in [-0.15, -0.1) is 0 Å². The molecule has 17 aromatic carbocycles. The molecule has 2 heteroatoms. The lowest BCUT2D eigenvalue weighted by atomic mass is 9.67. The molecule has 3 aliphatic rings. The van der Waals surface area contributed by atoms with Crippen LogP contribution in [0.4, 0.5) is 17.1 Å². The van der Waals surface area contributed by atoms with Crippen LogP contribution >= 0.6 is 0 Å². The Morgan fingerprint density at radius 2 is 0.592 bits per heavy atom. The molecule has 0 saturated carbocycles. The number of fused-ring (bicyclic) bond motifs is 13. The van der Waals surface area contributed by atoms with E-state index in [2.05, 4.69) is 398 Å². The molecule has 0 spiro atoms. The zero-order valence-corrected chi connectivity index (χ0v) is 56.6. The van der Waals surface area contributed by atoms with Gasteiger partial charge in [-0.25, -0.2) is 0 Å². The van der Waals surface area contributed by atoms with Crippen molar-refractivity contribution in [3.63, 3.8) is 0 Å². The summed E-state index contributed by atoms with van der Waals surface area (Å²) in [5.41, 5.74) is 33.0. The Bertz CT molecular complexity index is 6350. The molecule has 0 atom stereocenters. The molecular weight excluding hydrogens is 1240 g/mol. The zero-order chi connectivity index (χ0) is 67.7. The van der Waals surface area contributed by atoms with Gasteiger partial charge in [-0.2, -0.15) is 0 Å². The van der Waals surface area contributed by atoms with Crippen molar-refractivity contribution in [1.29, 1.82) is 0 Å². The number of aromatic nitrogens is 1. The van der Waals surface area contributed by atoms with E-state index in [0.29, 0.717) is 0 Å². The van der Waals surface area contributed by atoms with Crippen LogP contribution in [0.15, 0.2) is 388 Å². The minimum absolute atomic E-state index is 0.613. The number of hydrogen-bond acceptors (Lipinski definition) is 1. The van der Waals surface area contributed by atoms with Gasteiger partial charge in [0.15, 0.2) is 0 Å². The number of para-hydroxylation sites is 4. The fraction of sp³-hybridized carbons (Fsp3) is 0.0297. The lowest BCUT2D eigenvalue weighted by Gasteiger charge is -2.34. The average Bonchev–Trinajstić information content (AvgIpc) is 1.58. The Balaban J connectivity index is 0.868. The quantitative estimate of drug-likeness (QED) is 0.124. The first-order chi connectivity index (χ1) is 51.1. The first-order valence-corrected chi connectivity index (χ1v) is 36.0. The third-order valence-corrected chi connectivity index (χ3v) is 22.9. The molecule has 0 saturated heterocycles. The molecule has 0 N–H and O–H groups in total. The summed E-state index contributed by atoms with van der Waals surface area (Å²) in [6.07, 6.45) is 0.832. The molecule has 21 rings (SSSR count). The van der Waals surface area contributed by atoms with Gasteiger partial charge in [0.1, 0.15) is 0 Å². The molecule has 480 valence electrons. The monoisotopic (exact) mass is 1310 g/mol. The van der Waals surface area contributed by atoms with E-state index in [1.54, 1.807) is 0 Å². The van der Waals surface area contributed by atoms with E-state index < -0.39 is 10.8 Å². The summed E-state index contributed by atoms with van der Waals surface area (Å²) < 4.78 is 2.42. The SMILES string of the molecule is c1ccc(N2c3ccccc3Cc3cc(-c4ccc5c(-c6ccc7c(c6)C(c6ccccc6)(c6ccccc6)c6ccccc6-7)c6cc(-c7ccc8c(c7)c7ccccc7n8-c7ccccc7)ccc6c(-c6ccc7c(c6)C(c6ccccc6)(c6ccccc6)c6ccccc6-7)c5c4)ccc32)cc1. The number of anilines is 3. The lowest BCUT2D eigenvalue weighted by molar-refractivity contribution is 0.769. The van der Waals surface area contributed by atoms with Crippen LogP contribution in [-0.2, 0) is 17.3 Å². The van der Waals surface area contributed by atoms with Gasteiger partial charge in [-0.05, 0) is 229 Å². The summed E-state index contributed by atoms with van der Waals surface area (Å²) in [5.74, 6) is 0. The van der Waals surface area contributed by atoms with E-state index in [1.165, 1.54) is 166 Å². The average molecular weight is 1310 g/mol. The topological polar surface area (TPSA) is 8.17 Å². The van der Waals surface area contributed by atoms with E-state index in [4.69, 9.17) is 0 Å². The van der Waals surface area contributed by atoms with E-state index >= 15 is 0 Å². The van der Waals surface area contributed by atoms with Crippen molar-refractivity contribution in [2.75, 3.05) is 4.90 Å². The molecule has 18 aromatic rings. The van der Waals surface area contributed by atoms with Gasteiger partial charge in [0, 0.05) is 39.9 Å². The third-order valence-electron chi connectivity index (χ3n) is 22.9. The van der Waals surface area contributed by atoms with Crippen LogP contribution in [-0.4, -0.2) is 4.57 Å². The van der Waals surface area contributed by atoms with Crippen LogP contribution in [0, 0.1) is 0 Å². The summed E-state index contributed by atoms with van der Waals surface area (Å²) in [6.45, 7) is 0. The van der Waals surface area contributed by atoms with Crippen LogP contribution in [0.3, 0.4) is 0 Å². The second-order valence-corrected chi connectivity index (χ2v) is 28.1. The van der Waals surface area contributed by atoms with Crippen LogP contribution < -0.4 is 4.90 Å². The van der Waals surface area contributed by atoms with E-state index in [9.17, 15) is 0 Å². The molecule has 2 heterocycles. The summed E-state index contributed by atoms with van der Waals surface area (Å²) in [4.78, 5) is 2.45. The Morgan fingerprint density at radius 3 is 1.13 bits per heavy atom. The second-order valence-electron chi connectivity index (χ2n) is 28.1. The molecule has 2 nitrogen and oxygen atoms in total. The summed E-state index contributed by atoms with van der Waals surface area (Å²) >= 11 is 0. The molecule has 0 bridgehead atoms. The van der Waals surface area contributed by atoms with E-state index in [1.807, 2.05) is 0 Å². The predicted octanol–water partition coefficient (Wildman–Crippen LogP) is 25.9. The number of benzene rings is 17. The lowest BCUT2D eigenvalue weighted by Crippen LogP contribution is -2.28. The highest BCUT2D eigenvalue weighted by Gasteiger charge is 2.48. The largest absolute Gasteiger partial charge is 0.310 e. The molecule has 1 aliphatic heterocycles. The molecule has 1 aromatic heterocycles. The Kier molecular flexibility index (Phi) is 13.3. The number of hydrogen-bond donors (Lipinski definition) is 0. The van der Waals surface area contributed by atoms with Gasteiger partial charge in [0.2, 0.25) is 0 Å². The highest BCUT2D eigenvalue weighted by Crippen LogP contribution is 2.60. The first-order valence-electron chi connectivity index (χ1n) is 36.0. The van der Waals surface area contributed by atoms with Crippen LogP contribution in [0.25, 0.3) is 116 Å². The molecule has 0 radical (unpaired) electrons. The van der Waals surface area contributed by atoms with Gasteiger partial charge in [0.05, 0.1) is 21.9 Å². The minimum Gasteiger partial charge on any atom is -0.310 e. The Labute approximate surface area is 599 Å². The number of rotatable bonds is 10. The predicted molar refractivity (Wildman–Crippen MR) is 430 cm³/mol. The van der Waals surface area contributed by atoms with Crippen LogP contribution in [0.2, 0.25) is 0 Å². The highest BCUT2D eigenvalue weighted by atomic mass is 15.2. The summed E-state index contributed by atoms with van der Waals surface area (Å²) in [5, 5.41) is 7.21. The van der Waals surface area contributed by atoms with Crippen molar-refractivity contribution >= 4 is 60.4 Å². The normalized spacial score (nSPS) is 13.5. The molecule has 0 amide bonds. The van der Waals surface area contributed by atoms with Crippen molar-refractivity contribution in [2.24, 2.45) is 0 Å². The Hall–Kier alpha value is -13.1. The maximum atomic E-state index is 2.58. The van der Waals surface area contributed by atoms with Crippen molar-refractivity contribution < 1.29 is 0 Å². The number of nitrogens with zero attached hydrogens (tertiary/aromatic N) is 2. The Morgan fingerprint density at radius 1 is 0.214 bits per heavy atom. The highest BCUT2D eigenvalue weighted by molar-refractivity contribution is 6.23. The smallest absolute Gasteiger partial charge is 0.0713 e. The zero-order valence-electron chi connectivity index (χ0n) is 56.6. The van der Waals surface area contributed by atoms with Gasteiger partial charge >= 0.3 is 0 Å². The standard InChI is InChI=1S/C101H66N2/c1-7-28-74(29-8-1)100(75-30-9-2-10-31-75)90-43-23-20-40-80(90)82-53-49-71(64-92(82)100)98-86-56-48-68(69-52-58-97-87(61-69)84-42-22-26-46-96(84)103(97)79-38-17-6-18-39-79)63-89(86)99(72-50-54-83-81-41-21-24-44-91(81)101(93(83)65-72,76-32-11-3-12-33-76)77-34-13-4-14-35-77)85-55-47-67(62-88(85)98)66-51-57-95-73(59-66)60-70-27-19-25-45-94(70)102(95)78-36-15-5-16-37-78/h1-59,61-65H,60H2. The fourth-order valence-corrected chi connectivity index (χ4v) is 18.6. The fourth-order valence-electron chi connectivity index (χ4n) is 18.6. The van der Waals surface area contributed by atoms with Crippen molar-refractivity contribution in [1.82, 2.24) is 4.57 Å². The van der Waals surface area contributed by atoms with E-state index in [-0.39, 0.29) is 0 Å².